The van der Waals surface area contributed by atoms with Crippen LogP contribution in [0, 0.1) is 12.7 Å². The minimum absolute atomic E-state index is 0.00465. The summed E-state index contributed by atoms with van der Waals surface area (Å²) < 4.78 is 13.1. The van der Waals surface area contributed by atoms with Gasteiger partial charge < -0.3 is 11.1 Å². The topological polar surface area (TPSA) is 72.2 Å². The molecular weight excluding hydrogens is 295 g/mol. The molecule has 2 aromatic rings. The molecule has 3 N–H and O–H groups in total. The van der Waals surface area contributed by atoms with Crippen molar-refractivity contribution >= 4 is 11.8 Å². The van der Waals surface area contributed by atoms with Crippen LogP contribution in [0.4, 0.5) is 4.39 Å². The second-order valence-corrected chi connectivity index (χ2v) is 5.46. The molecule has 0 aliphatic rings. The van der Waals surface area contributed by atoms with Crippen LogP contribution in [-0.4, -0.2) is 17.9 Å². The lowest BCUT2D eigenvalue weighted by Crippen LogP contribution is -2.46. The molecule has 1 atom stereocenters. The van der Waals surface area contributed by atoms with Crippen molar-refractivity contribution in [2.24, 2.45) is 5.73 Å². The Hall–Kier alpha value is -2.69. The third-order valence-corrected chi connectivity index (χ3v) is 3.62. The first-order valence-electron chi connectivity index (χ1n) is 7.33. The number of primary amides is 1. The van der Waals surface area contributed by atoms with E-state index in [2.05, 4.69) is 5.32 Å². The molecule has 120 valence electrons. The zero-order valence-corrected chi connectivity index (χ0v) is 12.9. The molecule has 4 nitrogen and oxygen atoms in total. The summed E-state index contributed by atoms with van der Waals surface area (Å²) in [4.78, 5) is 23.7. The van der Waals surface area contributed by atoms with Crippen molar-refractivity contribution in [3.05, 3.63) is 71.0 Å². The van der Waals surface area contributed by atoms with E-state index in [4.69, 9.17) is 5.73 Å². The SMILES string of the molecule is Cc1ccccc1C[C@@H](NC(=O)Cc1cccc(F)c1)C(N)=O. The van der Waals surface area contributed by atoms with E-state index in [1.54, 1.807) is 6.07 Å². The number of hydrogen-bond donors (Lipinski definition) is 2. The number of carbonyl (C=O) groups excluding carboxylic acids is 2. The van der Waals surface area contributed by atoms with Gasteiger partial charge in [-0.05, 0) is 35.7 Å². The fourth-order valence-electron chi connectivity index (χ4n) is 2.36. The van der Waals surface area contributed by atoms with Gasteiger partial charge >= 0.3 is 0 Å². The first-order valence-corrected chi connectivity index (χ1v) is 7.33. The quantitative estimate of drug-likeness (QED) is 0.854. The minimum atomic E-state index is -0.794. The van der Waals surface area contributed by atoms with Gasteiger partial charge in [0.05, 0.1) is 6.42 Å². The van der Waals surface area contributed by atoms with Gasteiger partial charge in [0.15, 0.2) is 0 Å². The van der Waals surface area contributed by atoms with Crippen molar-refractivity contribution in [3.8, 4) is 0 Å². The molecular formula is C18H19FN2O2. The normalized spacial score (nSPS) is 11.7. The number of halogens is 1. The van der Waals surface area contributed by atoms with Gasteiger partial charge in [-0.15, -0.1) is 0 Å². The molecule has 5 heteroatoms. The molecule has 0 saturated heterocycles. The van der Waals surface area contributed by atoms with Crippen LogP contribution in [0.25, 0.3) is 0 Å². The van der Waals surface area contributed by atoms with Gasteiger partial charge in [-0.2, -0.15) is 0 Å². The Morgan fingerprint density at radius 2 is 1.91 bits per heavy atom. The Morgan fingerprint density at radius 1 is 1.17 bits per heavy atom. The van der Waals surface area contributed by atoms with E-state index in [0.717, 1.165) is 11.1 Å². The third-order valence-electron chi connectivity index (χ3n) is 3.62. The number of hydrogen-bond acceptors (Lipinski definition) is 2. The average Bonchev–Trinajstić information content (AvgIpc) is 2.48. The van der Waals surface area contributed by atoms with Crippen molar-refractivity contribution in [1.82, 2.24) is 5.32 Å². The Morgan fingerprint density at radius 3 is 2.57 bits per heavy atom. The largest absolute Gasteiger partial charge is 0.368 e. The van der Waals surface area contributed by atoms with Gasteiger partial charge in [0, 0.05) is 6.42 Å². The molecule has 0 saturated carbocycles. The van der Waals surface area contributed by atoms with E-state index in [-0.39, 0.29) is 12.3 Å². The van der Waals surface area contributed by atoms with E-state index < -0.39 is 17.8 Å². The zero-order valence-electron chi connectivity index (χ0n) is 12.9. The van der Waals surface area contributed by atoms with E-state index in [1.807, 2.05) is 31.2 Å². The lowest BCUT2D eigenvalue weighted by Gasteiger charge is -2.17. The van der Waals surface area contributed by atoms with Gasteiger partial charge in [-0.1, -0.05) is 36.4 Å². The molecule has 0 heterocycles. The average molecular weight is 314 g/mol. The first-order chi connectivity index (χ1) is 11.0. The van der Waals surface area contributed by atoms with E-state index >= 15 is 0 Å². The minimum Gasteiger partial charge on any atom is -0.368 e. The Labute approximate surface area is 134 Å². The highest BCUT2D eigenvalue weighted by atomic mass is 19.1. The van der Waals surface area contributed by atoms with Crippen LogP contribution in [0.5, 0.6) is 0 Å². The highest BCUT2D eigenvalue weighted by Gasteiger charge is 2.19. The molecule has 0 radical (unpaired) electrons. The van der Waals surface area contributed by atoms with Crippen LogP contribution in [0.2, 0.25) is 0 Å². The summed E-state index contributed by atoms with van der Waals surface area (Å²) in [5.41, 5.74) is 7.90. The smallest absolute Gasteiger partial charge is 0.240 e. The molecule has 2 amide bonds. The summed E-state index contributed by atoms with van der Waals surface area (Å²) in [6, 6.07) is 12.6. The van der Waals surface area contributed by atoms with Crippen molar-refractivity contribution in [2.45, 2.75) is 25.8 Å². The monoisotopic (exact) mass is 314 g/mol. The fraction of sp³-hybridized carbons (Fsp3) is 0.222. The maximum absolute atomic E-state index is 13.1. The molecule has 0 aromatic heterocycles. The van der Waals surface area contributed by atoms with Crippen LogP contribution in [0.1, 0.15) is 16.7 Å². The van der Waals surface area contributed by atoms with Crippen LogP contribution >= 0.6 is 0 Å². The Kier molecular flexibility index (Phi) is 5.46. The highest BCUT2D eigenvalue weighted by molar-refractivity contribution is 5.87. The summed E-state index contributed by atoms with van der Waals surface area (Å²) in [6.45, 7) is 1.93. The van der Waals surface area contributed by atoms with Crippen molar-refractivity contribution in [3.63, 3.8) is 0 Å². The molecule has 0 fully saturated rings. The summed E-state index contributed by atoms with van der Waals surface area (Å²) in [7, 11) is 0. The number of nitrogens with two attached hydrogens (primary N) is 1. The number of aryl methyl sites for hydroxylation is 1. The molecule has 0 aliphatic heterocycles. The molecule has 0 aliphatic carbocycles. The summed E-state index contributed by atoms with van der Waals surface area (Å²) in [5, 5.41) is 2.62. The summed E-state index contributed by atoms with van der Waals surface area (Å²) in [6.07, 6.45) is 0.326. The number of nitrogens with one attached hydrogen (secondary N) is 1. The van der Waals surface area contributed by atoms with Crippen LogP contribution in [0.3, 0.4) is 0 Å². The van der Waals surface area contributed by atoms with Gasteiger partial charge in [-0.25, -0.2) is 4.39 Å². The van der Waals surface area contributed by atoms with Gasteiger partial charge in [0.2, 0.25) is 11.8 Å². The summed E-state index contributed by atoms with van der Waals surface area (Å²) >= 11 is 0. The van der Waals surface area contributed by atoms with E-state index in [9.17, 15) is 14.0 Å². The predicted octanol–water partition coefficient (Wildman–Crippen LogP) is 1.89. The lowest BCUT2D eigenvalue weighted by molar-refractivity contribution is -0.127. The number of amides is 2. The Balaban J connectivity index is 2.03. The van der Waals surface area contributed by atoms with E-state index in [1.165, 1.54) is 18.2 Å². The highest BCUT2D eigenvalue weighted by Crippen LogP contribution is 2.10. The Bertz CT molecular complexity index is 716. The standard InChI is InChI=1S/C18H19FN2O2/c1-12-5-2-3-7-14(12)11-16(18(20)23)21-17(22)10-13-6-4-8-15(19)9-13/h2-9,16H,10-11H2,1H3,(H2,20,23)(H,21,22)/t16-/m1/s1. The van der Waals surface area contributed by atoms with Crippen LogP contribution < -0.4 is 11.1 Å². The predicted molar refractivity (Wildman–Crippen MR) is 86.1 cm³/mol. The molecule has 2 rings (SSSR count). The number of rotatable bonds is 6. The molecule has 2 aromatic carbocycles. The second kappa shape index (κ2) is 7.54. The van der Waals surface area contributed by atoms with Crippen LogP contribution in [-0.2, 0) is 22.4 Å². The third kappa shape index (κ3) is 4.92. The molecule has 23 heavy (non-hydrogen) atoms. The zero-order chi connectivity index (χ0) is 16.8. The maximum Gasteiger partial charge on any atom is 0.240 e. The van der Waals surface area contributed by atoms with Crippen molar-refractivity contribution in [1.29, 1.82) is 0 Å². The van der Waals surface area contributed by atoms with Gasteiger partial charge in [-0.3, -0.25) is 9.59 Å². The lowest BCUT2D eigenvalue weighted by atomic mass is 10.0. The number of benzene rings is 2. The molecule has 0 bridgehead atoms. The first kappa shape index (κ1) is 16.7. The molecule has 0 spiro atoms. The maximum atomic E-state index is 13.1. The van der Waals surface area contributed by atoms with Gasteiger partial charge in [0.25, 0.3) is 0 Å². The molecule has 0 unspecified atom stereocenters. The van der Waals surface area contributed by atoms with Gasteiger partial charge in [0.1, 0.15) is 11.9 Å². The summed E-state index contributed by atoms with van der Waals surface area (Å²) in [5.74, 6) is -1.37. The fourth-order valence-corrected chi connectivity index (χ4v) is 2.36. The van der Waals surface area contributed by atoms with Crippen molar-refractivity contribution in [2.75, 3.05) is 0 Å². The van der Waals surface area contributed by atoms with Crippen LogP contribution in [0.15, 0.2) is 48.5 Å². The van der Waals surface area contributed by atoms with Crippen molar-refractivity contribution < 1.29 is 14.0 Å². The number of carbonyl (C=O) groups is 2. The second-order valence-electron chi connectivity index (χ2n) is 5.46. The van der Waals surface area contributed by atoms with E-state index in [0.29, 0.717) is 12.0 Å².